The summed E-state index contributed by atoms with van der Waals surface area (Å²) in [5, 5.41) is 0. The lowest BCUT2D eigenvalue weighted by molar-refractivity contribution is 0.626. The van der Waals surface area contributed by atoms with Crippen LogP contribution in [0.15, 0.2) is 36.5 Å². The lowest BCUT2D eigenvalue weighted by Gasteiger charge is -1.90. The summed E-state index contributed by atoms with van der Waals surface area (Å²) in [5.74, 6) is 0.884. The van der Waals surface area contributed by atoms with Crippen LogP contribution in [0, 0.1) is 5.92 Å². The van der Waals surface area contributed by atoms with Gasteiger partial charge in [0.2, 0.25) is 0 Å². The van der Waals surface area contributed by atoms with Crippen LogP contribution < -0.4 is 0 Å². The van der Waals surface area contributed by atoms with Crippen molar-refractivity contribution in [2.75, 3.05) is 0 Å². The Kier molecular flexibility index (Phi) is 12.7. The zero-order valence-electron chi connectivity index (χ0n) is 9.80. The van der Waals surface area contributed by atoms with E-state index in [-0.39, 0.29) is 0 Å². The van der Waals surface area contributed by atoms with E-state index >= 15 is 0 Å². The van der Waals surface area contributed by atoms with E-state index in [0.29, 0.717) is 0 Å². The van der Waals surface area contributed by atoms with Crippen molar-refractivity contribution < 1.29 is 0 Å². The van der Waals surface area contributed by atoms with Crippen molar-refractivity contribution in [2.24, 2.45) is 5.92 Å². The van der Waals surface area contributed by atoms with Gasteiger partial charge < -0.3 is 0 Å². The lowest BCUT2D eigenvalue weighted by Crippen LogP contribution is -1.77. The maximum absolute atomic E-state index is 3.55. The second-order valence-electron chi connectivity index (χ2n) is 3.43. The van der Waals surface area contributed by atoms with Gasteiger partial charge in [-0.3, -0.25) is 0 Å². The molecule has 0 heteroatoms. The Hall–Kier alpha value is -0.780. The fourth-order valence-electron chi connectivity index (χ4n) is 0.316. The Morgan fingerprint density at radius 3 is 2.08 bits per heavy atom. The van der Waals surface area contributed by atoms with Crippen molar-refractivity contribution in [1.82, 2.24) is 0 Å². The monoisotopic (exact) mass is 180 g/mol. The molecular weight excluding hydrogens is 156 g/mol. The number of rotatable bonds is 3. The van der Waals surface area contributed by atoms with Gasteiger partial charge in [0.05, 0.1) is 0 Å². The molecule has 0 saturated carbocycles. The van der Waals surface area contributed by atoms with E-state index in [2.05, 4.69) is 40.3 Å². The summed E-state index contributed by atoms with van der Waals surface area (Å²) in [6.07, 6.45) is 9.08. The molecule has 0 rings (SSSR count). The number of hydrogen-bond donors (Lipinski definition) is 0. The number of hydrogen-bond acceptors (Lipinski definition) is 0. The van der Waals surface area contributed by atoms with Gasteiger partial charge in [-0.2, -0.15) is 0 Å². The molecular formula is C13H24. The van der Waals surface area contributed by atoms with Crippen LogP contribution in [0.4, 0.5) is 0 Å². The SMILES string of the molecule is C=C/C=C\C(C)=C/C.CCC(C)C. The Balaban J connectivity index is 0. The first-order valence-corrected chi connectivity index (χ1v) is 5.00. The van der Waals surface area contributed by atoms with Crippen LogP contribution in [0.5, 0.6) is 0 Å². The van der Waals surface area contributed by atoms with Crippen molar-refractivity contribution in [3.05, 3.63) is 36.5 Å². The van der Waals surface area contributed by atoms with Gasteiger partial charge in [-0.15, -0.1) is 0 Å². The molecule has 0 aromatic rings. The van der Waals surface area contributed by atoms with E-state index < -0.39 is 0 Å². The van der Waals surface area contributed by atoms with Gasteiger partial charge in [-0.25, -0.2) is 0 Å². The highest BCUT2D eigenvalue weighted by atomic mass is 13.9. The average Bonchev–Trinajstić information content (AvgIpc) is 2.15. The minimum Gasteiger partial charge on any atom is -0.0991 e. The molecule has 0 fully saturated rings. The molecule has 0 aromatic carbocycles. The van der Waals surface area contributed by atoms with Crippen LogP contribution in [0.1, 0.15) is 41.0 Å². The molecule has 0 aliphatic rings. The van der Waals surface area contributed by atoms with Crippen LogP contribution in [0.3, 0.4) is 0 Å². The lowest BCUT2D eigenvalue weighted by atomic mass is 10.2. The zero-order valence-corrected chi connectivity index (χ0v) is 9.80. The summed E-state index contributed by atoms with van der Waals surface area (Å²) >= 11 is 0. The molecule has 0 nitrogen and oxygen atoms in total. The molecule has 0 saturated heterocycles. The normalized spacial score (nSPS) is 11.4. The fraction of sp³-hybridized carbons (Fsp3) is 0.538. The van der Waals surface area contributed by atoms with Crippen LogP contribution >= 0.6 is 0 Å². The molecule has 0 heterocycles. The molecule has 0 N–H and O–H groups in total. The quantitative estimate of drug-likeness (QED) is 0.550. The standard InChI is InChI=1S/C8H12.C5H12/c1-4-6-7-8(3)5-2;1-4-5(2)3/h4-7H,1H2,2-3H3;5H,4H2,1-3H3/b7-6-,8-5-;. The molecule has 0 spiro atoms. The summed E-state index contributed by atoms with van der Waals surface area (Å²) in [7, 11) is 0. The van der Waals surface area contributed by atoms with Crippen LogP contribution in [0.2, 0.25) is 0 Å². The predicted octanol–water partition coefficient (Wildman–Crippen LogP) is 4.75. The summed E-state index contributed by atoms with van der Waals surface area (Å²) in [4.78, 5) is 0. The van der Waals surface area contributed by atoms with E-state index in [9.17, 15) is 0 Å². The van der Waals surface area contributed by atoms with Gasteiger partial charge in [0.15, 0.2) is 0 Å². The topological polar surface area (TPSA) is 0 Å². The zero-order chi connectivity index (χ0) is 10.7. The average molecular weight is 180 g/mol. The number of allylic oxidation sites excluding steroid dienone is 5. The van der Waals surface area contributed by atoms with Crippen LogP contribution in [-0.4, -0.2) is 0 Å². The second kappa shape index (κ2) is 11.2. The second-order valence-corrected chi connectivity index (χ2v) is 3.43. The minimum absolute atomic E-state index is 0.884. The van der Waals surface area contributed by atoms with Gasteiger partial charge >= 0.3 is 0 Å². The third-order valence-electron chi connectivity index (χ3n) is 1.77. The van der Waals surface area contributed by atoms with Crippen LogP contribution in [0.25, 0.3) is 0 Å². The largest absolute Gasteiger partial charge is 0.0991 e. The van der Waals surface area contributed by atoms with E-state index in [1.165, 1.54) is 12.0 Å². The van der Waals surface area contributed by atoms with E-state index in [1.54, 1.807) is 6.08 Å². The van der Waals surface area contributed by atoms with E-state index in [0.717, 1.165) is 5.92 Å². The van der Waals surface area contributed by atoms with Gasteiger partial charge in [0, 0.05) is 0 Å². The highest BCUT2D eigenvalue weighted by Crippen LogP contribution is 1.94. The third kappa shape index (κ3) is 18.3. The highest BCUT2D eigenvalue weighted by molar-refractivity contribution is 5.18. The molecule has 0 unspecified atom stereocenters. The van der Waals surface area contributed by atoms with Crippen molar-refractivity contribution in [2.45, 2.75) is 41.0 Å². The first-order chi connectivity index (χ1) is 6.08. The predicted molar refractivity (Wildman–Crippen MR) is 63.9 cm³/mol. The van der Waals surface area contributed by atoms with Gasteiger partial charge in [0.25, 0.3) is 0 Å². The van der Waals surface area contributed by atoms with E-state index in [1.807, 2.05) is 19.1 Å². The molecule has 0 radical (unpaired) electrons. The summed E-state index contributed by atoms with van der Waals surface area (Å²) in [5.41, 5.74) is 1.27. The smallest absolute Gasteiger partial charge is 0.0401 e. The summed E-state index contributed by atoms with van der Waals surface area (Å²) < 4.78 is 0. The molecule has 0 aliphatic carbocycles. The highest BCUT2D eigenvalue weighted by Gasteiger charge is 1.80. The van der Waals surface area contributed by atoms with E-state index in [4.69, 9.17) is 0 Å². The molecule has 0 amide bonds. The summed E-state index contributed by atoms with van der Waals surface area (Å²) in [6.45, 7) is 14.3. The Morgan fingerprint density at radius 2 is 1.85 bits per heavy atom. The van der Waals surface area contributed by atoms with Gasteiger partial charge in [-0.1, -0.05) is 63.6 Å². The first kappa shape index (κ1) is 14.7. The van der Waals surface area contributed by atoms with Crippen LogP contribution in [-0.2, 0) is 0 Å². The van der Waals surface area contributed by atoms with Crippen molar-refractivity contribution in [3.8, 4) is 0 Å². The molecule has 13 heavy (non-hydrogen) atoms. The molecule has 76 valence electrons. The molecule has 0 aliphatic heterocycles. The minimum atomic E-state index is 0.884. The first-order valence-electron chi connectivity index (χ1n) is 5.00. The maximum Gasteiger partial charge on any atom is -0.0401 e. The Bertz CT molecular complexity index is 159. The van der Waals surface area contributed by atoms with Crippen molar-refractivity contribution >= 4 is 0 Å². The Labute approximate surface area is 84.1 Å². The van der Waals surface area contributed by atoms with Crippen molar-refractivity contribution in [1.29, 1.82) is 0 Å². The summed E-state index contributed by atoms with van der Waals surface area (Å²) in [6, 6.07) is 0. The molecule has 0 aromatic heterocycles. The molecule has 0 bridgehead atoms. The molecule has 0 atom stereocenters. The van der Waals surface area contributed by atoms with Gasteiger partial charge in [0.1, 0.15) is 0 Å². The fourth-order valence-corrected chi connectivity index (χ4v) is 0.316. The van der Waals surface area contributed by atoms with Crippen molar-refractivity contribution in [3.63, 3.8) is 0 Å². The Morgan fingerprint density at radius 1 is 1.38 bits per heavy atom. The van der Waals surface area contributed by atoms with Gasteiger partial charge in [-0.05, 0) is 19.8 Å². The maximum atomic E-state index is 3.55. The third-order valence-corrected chi connectivity index (χ3v) is 1.77.